The standard InChI is InChI=1S/C22H21ClFN5O/c1-15-5-6-18(12-19(15)23)27-22(30)29-9-7-28(8-10-29)21-13-20(25-14-26-21)16-3-2-4-17(24)11-16/h2-6,11-14H,7-10H2,1H3,(H,27,30). The maximum Gasteiger partial charge on any atom is 0.321 e. The summed E-state index contributed by atoms with van der Waals surface area (Å²) in [5.74, 6) is 0.455. The molecule has 6 nitrogen and oxygen atoms in total. The van der Waals surface area contributed by atoms with Crippen LogP contribution in [0.3, 0.4) is 0 Å². The van der Waals surface area contributed by atoms with Gasteiger partial charge < -0.3 is 15.1 Å². The maximum atomic E-state index is 13.5. The Kier molecular flexibility index (Phi) is 5.81. The fraction of sp³-hybridized carbons (Fsp3) is 0.227. The van der Waals surface area contributed by atoms with Gasteiger partial charge in [-0.25, -0.2) is 19.2 Å². The average molecular weight is 426 g/mol. The lowest BCUT2D eigenvalue weighted by atomic mass is 10.1. The van der Waals surface area contributed by atoms with Gasteiger partial charge in [-0.2, -0.15) is 0 Å². The number of rotatable bonds is 3. The first-order valence-electron chi connectivity index (χ1n) is 9.64. The molecule has 30 heavy (non-hydrogen) atoms. The molecule has 1 fully saturated rings. The molecule has 8 heteroatoms. The number of carbonyl (C=O) groups is 1. The van der Waals surface area contributed by atoms with Crippen molar-refractivity contribution in [2.24, 2.45) is 0 Å². The number of aromatic nitrogens is 2. The molecular weight excluding hydrogens is 405 g/mol. The second-order valence-corrected chi connectivity index (χ2v) is 7.55. The lowest BCUT2D eigenvalue weighted by molar-refractivity contribution is 0.208. The summed E-state index contributed by atoms with van der Waals surface area (Å²) in [6.45, 7) is 4.32. The first kappa shape index (κ1) is 20.1. The molecule has 154 valence electrons. The van der Waals surface area contributed by atoms with Crippen LogP contribution in [-0.4, -0.2) is 47.1 Å². The maximum absolute atomic E-state index is 13.5. The monoisotopic (exact) mass is 425 g/mol. The zero-order valence-electron chi connectivity index (χ0n) is 16.5. The molecule has 0 radical (unpaired) electrons. The van der Waals surface area contributed by atoms with E-state index in [4.69, 9.17) is 11.6 Å². The Morgan fingerprint density at radius 1 is 1.07 bits per heavy atom. The Balaban J connectivity index is 1.39. The van der Waals surface area contributed by atoms with Crippen molar-refractivity contribution < 1.29 is 9.18 Å². The van der Waals surface area contributed by atoms with Crippen LogP contribution >= 0.6 is 11.6 Å². The average Bonchev–Trinajstić information content (AvgIpc) is 2.76. The van der Waals surface area contributed by atoms with E-state index >= 15 is 0 Å². The van der Waals surface area contributed by atoms with E-state index in [1.54, 1.807) is 17.0 Å². The van der Waals surface area contributed by atoms with Crippen molar-refractivity contribution in [1.29, 1.82) is 0 Å². The fourth-order valence-corrected chi connectivity index (χ4v) is 3.52. The minimum Gasteiger partial charge on any atom is -0.353 e. The summed E-state index contributed by atoms with van der Waals surface area (Å²) in [6, 6.07) is 13.5. The number of nitrogens with zero attached hydrogens (tertiary/aromatic N) is 4. The van der Waals surface area contributed by atoms with Crippen molar-refractivity contribution in [2.75, 3.05) is 36.4 Å². The van der Waals surface area contributed by atoms with E-state index in [0.717, 1.165) is 11.4 Å². The van der Waals surface area contributed by atoms with Gasteiger partial charge in [-0.1, -0.05) is 29.8 Å². The lowest BCUT2D eigenvalue weighted by Crippen LogP contribution is -2.50. The third-order valence-electron chi connectivity index (χ3n) is 5.09. The number of anilines is 2. The number of urea groups is 1. The predicted octanol–water partition coefficient (Wildman–Crippen LogP) is 4.60. The van der Waals surface area contributed by atoms with Crippen LogP contribution in [0.4, 0.5) is 20.7 Å². The third kappa shape index (κ3) is 4.52. The molecule has 1 aliphatic rings. The minimum atomic E-state index is -0.304. The van der Waals surface area contributed by atoms with Gasteiger partial charge in [0.15, 0.2) is 0 Å². The van der Waals surface area contributed by atoms with E-state index in [9.17, 15) is 9.18 Å². The number of amides is 2. The quantitative estimate of drug-likeness (QED) is 0.666. The SMILES string of the molecule is Cc1ccc(NC(=O)N2CCN(c3cc(-c4cccc(F)c4)ncn3)CC2)cc1Cl. The zero-order valence-corrected chi connectivity index (χ0v) is 17.2. The van der Waals surface area contributed by atoms with Crippen molar-refractivity contribution in [3.05, 3.63) is 71.3 Å². The molecule has 2 heterocycles. The van der Waals surface area contributed by atoms with Crippen molar-refractivity contribution >= 4 is 29.1 Å². The number of piperazine rings is 1. The molecule has 1 N–H and O–H groups in total. The molecule has 2 amide bonds. The molecule has 0 bridgehead atoms. The van der Waals surface area contributed by atoms with Crippen LogP contribution in [0.2, 0.25) is 5.02 Å². The van der Waals surface area contributed by atoms with Crippen LogP contribution in [0.1, 0.15) is 5.56 Å². The molecule has 0 unspecified atom stereocenters. The molecule has 1 saturated heterocycles. The number of benzene rings is 2. The second kappa shape index (κ2) is 8.67. The molecule has 4 rings (SSSR count). The smallest absolute Gasteiger partial charge is 0.321 e. The number of hydrogen-bond acceptors (Lipinski definition) is 4. The Morgan fingerprint density at radius 3 is 2.60 bits per heavy atom. The summed E-state index contributed by atoms with van der Waals surface area (Å²) in [4.78, 5) is 25.0. The van der Waals surface area contributed by atoms with E-state index in [1.165, 1.54) is 18.5 Å². The number of carbonyl (C=O) groups excluding carboxylic acids is 1. The van der Waals surface area contributed by atoms with E-state index in [-0.39, 0.29) is 11.8 Å². The van der Waals surface area contributed by atoms with Gasteiger partial charge in [-0.05, 0) is 36.8 Å². The molecule has 1 aliphatic heterocycles. The van der Waals surface area contributed by atoms with Gasteiger partial charge in [0.1, 0.15) is 18.0 Å². The Bertz CT molecular complexity index is 1070. The van der Waals surface area contributed by atoms with Crippen LogP contribution in [0.25, 0.3) is 11.3 Å². The van der Waals surface area contributed by atoms with Gasteiger partial charge in [-0.15, -0.1) is 0 Å². The zero-order chi connectivity index (χ0) is 21.1. The minimum absolute atomic E-state index is 0.155. The molecule has 0 spiro atoms. The van der Waals surface area contributed by atoms with E-state index in [2.05, 4.69) is 20.2 Å². The predicted molar refractivity (Wildman–Crippen MR) is 116 cm³/mol. The first-order chi connectivity index (χ1) is 14.5. The molecule has 3 aromatic rings. The summed E-state index contributed by atoms with van der Waals surface area (Å²) >= 11 is 6.13. The van der Waals surface area contributed by atoms with E-state index in [0.29, 0.717) is 48.1 Å². The number of aryl methyl sites for hydroxylation is 1. The Morgan fingerprint density at radius 2 is 1.87 bits per heavy atom. The van der Waals surface area contributed by atoms with Crippen LogP contribution in [0.15, 0.2) is 54.9 Å². The molecule has 0 atom stereocenters. The molecular formula is C22H21ClFN5O. The van der Waals surface area contributed by atoms with Crippen molar-refractivity contribution in [3.8, 4) is 11.3 Å². The highest BCUT2D eigenvalue weighted by Gasteiger charge is 2.22. The number of hydrogen-bond donors (Lipinski definition) is 1. The van der Waals surface area contributed by atoms with Crippen LogP contribution in [-0.2, 0) is 0 Å². The third-order valence-corrected chi connectivity index (χ3v) is 5.49. The lowest BCUT2D eigenvalue weighted by Gasteiger charge is -2.35. The fourth-order valence-electron chi connectivity index (χ4n) is 3.34. The largest absolute Gasteiger partial charge is 0.353 e. The highest BCUT2D eigenvalue weighted by Crippen LogP contribution is 2.23. The van der Waals surface area contributed by atoms with Crippen molar-refractivity contribution in [1.82, 2.24) is 14.9 Å². The summed E-state index contributed by atoms with van der Waals surface area (Å²) in [5.41, 5.74) is 3.00. The number of nitrogens with one attached hydrogen (secondary N) is 1. The van der Waals surface area contributed by atoms with E-state index in [1.807, 2.05) is 31.2 Å². The Labute approximate surface area is 179 Å². The van der Waals surface area contributed by atoms with Gasteiger partial charge in [0.2, 0.25) is 0 Å². The molecule has 2 aromatic carbocycles. The summed E-state index contributed by atoms with van der Waals surface area (Å²) in [7, 11) is 0. The van der Waals surface area contributed by atoms with Crippen LogP contribution < -0.4 is 10.2 Å². The summed E-state index contributed by atoms with van der Waals surface area (Å²) < 4.78 is 13.5. The van der Waals surface area contributed by atoms with Crippen LogP contribution in [0, 0.1) is 12.7 Å². The van der Waals surface area contributed by atoms with Crippen LogP contribution in [0.5, 0.6) is 0 Å². The molecule has 1 aromatic heterocycles. The second-order valence-electron chi connectivity index (χ2n) is 7.14. The Hall–Kier alpha value is -3.19. The van der Waals surface area contributed by atoms with Gasteiger partial charge >= 0.3 is 6.03 Å². The number of halogens is 2. The first-order valence-corrected chi connectivity index (χ1v) is 10.0. The van der Waals surface area contributed by atoms with Gasteiger partial charge in [0.05, 0.1) is 5.69 Å². The highest BCUT2D eigenvalue weighted by atomic mass is 35.5. The summed E-state index contributed by atoms with van der Waals surface area (Å²) in [6.07, 6.45) is 1.48. The molecule has 0 saturated carbocycles. The van der Waals surface area contributed by atoms with Gasteiger partial charge in [0.25, 0.3) is 0 Å². The van der Waals surface area contributed by atoms with Gasteiger partial charge in [0, 0.05) is 48.5 Å². The highest BCUT2D eigenvalue weighted by molar-refractivity contribution is 6.31. The van der Waals surface area contributed by atoms with Crippen molar-refractivity contribution in [3.63, 3.8) is 0 Å². The summed E-state index contributed by atoms with van der Waals surface area (Å²) in [5, 5.41) is 3.51. The van der Waals surface area contributed by atoms with Gasteiger partial charge in [-0.3, -0.25) is 0 Å². The molecule has 0 aliphatic carbocycles. The normalized spacial score (nSPS) is 14.0. The topological polar surface area (TPSA) is 61.4 Å². The van der Waals surface area contributed by atoms with Crippen molar-refractivity contribution in [2.45, 2.75) is 6.92 Å². The van der Waals surface area contributed by atoms with E-state index < -0.39 is 0 Å².